The second kappa shape index (κ2) is 11.4. The van der Waals surface area contributed by atoms with Gasteiger partial charge in [-0.1, -0.05) is 48.6 Å². The lowest BCUT2D eigenvalue weighted by Gasteiger charge is -2.14. The molecule has 0 radical (unpaired) electrons. The molecular weight excluding hydrogens is 427 g/mol. The van der Waals surface area contributed by atoms with Gasteiger partial charge in [0.15, 0.2) is 6.61 Å². The highest BCUT2D eigenvalue weighted by Gasteiger charge is 2.12. The monoisotopic (exact) mass is 452 g/mol. The number of carbonyl (C=O) groups excluding carboxylic acids is 1. The van der Waals surface area contributed by atoms with Crippen molar-refractivity contribution in [3.05, 3.63) is 88.7 Å². The van der Waals surface area contributed by atoms with E-state index in [2.05, 4.69) is 16.9 Å². The molecule has 4 nitrogen and oxygen atoms in total. The van der Waals surface area contributed by atoms with E-state index in [1.807, 2.05) is 43.3 Å². The number of methoxy groups -OCH3 is 2. The molecule has 32 heavy (non-hydrogen) atoms. The van der Waals surface area contributed by atoms with Gasteiger partial charge in [0.25, 0.3) is 0 Å². The van der Waals surface area contributed by atoms with Crippen LogP contribution in [0.25, 0.3) is 12.2 Å². The van der Waals surface area contributed by atoms with E-state index in [1.54, 1.807) is 31.0 Å². The lowest BCUT2D eigenvalue weighted by atomic mass is 10.1. The van der Waals surface area contributed by atoms with E-state index in [0.717, 1.165) is 27.3 Å². The molecule has 0 aliphatic carbocycles. The quantitative estimate of drug-likeness (QED) is 0.221. The molecule has 0 fully saturated rings. The van der Waals surface area contributed by atoms with Crippen molar-refractivity contribution in [3.8, 4) is 11.5 Å². The van der Waals surface area contributed by atoms with Crippen molar-refractivity contribution in [2.24, 2.45) is 0 Å². The third-order valence-electron chi connectivity index (χ3n) is 4.73. The number of carbonyl (C=O) groups is 1. The first-order chi connectivity index (χ1) is 15.5. The Balaban J connectivity index is 1.63. The van der Waals surface area contributed by atoms with Gasteiger partial charge in [0, 0.05) is 11.8 Å². The maximum atomic E-state index is 13.3. The average molecular weight is 453 g/mol. The van der Waals surface area contributed by atoms with E-state index in [0.29, 0.717) is 11.5 Å². The van der Waals surface area contributed by atoms with Gasteiger partial charge in [-0.2, -0.15) is 0 Å². The normalized spacial score (nSPS) is 10.9. The molecule has 0 heterocycles. The molecule has 0 bridgehead atoms. The van der Waals surface area contributed by atoms with E-state index in [1.165, 1.54) is 24.8 Å². The summed E-state index contributed by atoms with van der Waals surface area (Å²) in [5.41, 5.74) is 3.95. The molecule has 0 amide bonds. The van der Waals surface area contributed by atoms with Gasteiger partial charge in [0.1, 0.15) is 17.3 Å². The van der Waals surface area contributed by atoms with E-state index < -0.39 is 5.97 Å². The van der Waals surface area contributed by atoms with Crippen LogP contribution < -0.4 is 9.47 Å². The Kier molecular flexibility index (Phi) is 8.34. The first kappa shape index (κ1) is 23.4. The van der Waals surface area contributed by atoms with Gasteiger partial charge in [0.2, 0.25) is 0 Å². The fourth-order valence-corrected chi connectivity index (χ4v) is 4.01. The van der Waals surface area contributed by atoms with Gasteiger partial charge in [0.05, 0.1) is 19.1 Å². The molecule has 6 heteroatoms. The highest BCUT2D eigenvalue weighted by molar-refractivity contribution is 7.98. The van der Waals surface area contributed by atoms with Crippen LogP contribution in [0.3, 0.4) is 0 Å². The van der Waals surface area contributed by atoms with Crippen molar-refractivity contribution in [1.29, 1.82) is 0 Å². The number of halogens is 1. The molecule has 166 valence electrons. The minimum absolute atomic E-state index is 0.146. The maximum Gasteiger partial charge on any atom is 0.343 e. The zero-order valence-electron chi connectivity index (χ0n) is 18.3. The van der Waals surface area contributed by atoms with Crippen LogP contribution >= 0.6 is 11.8 Å². The highest BCUT2D eigenvalue weighted by Crippen LogP contribution is 2.37. The van der Waals surface area contributed by atoms with Crippen LogP contribution in [0.15, 0.2) is 65.6 Å². The molecular formula is C26H25FO4S. The maximum absolute atomic E-state index is 13.3. The zero-order valence-corrected chi connectivity index (χ0v) is 19.1. The first-order valence-electron chi connectivity index (χ1n) is 10.0. The number of thioether (sulfide) groups is 1. The topological polar surface area (TPSA) is 44.8 Å². The highest BCUT2D eigenvalue weighted by atomic mass is 32.2. The minimum atomic E-state index is -0.434. The number of hydrogen-bond acceptors (Lipinski definition) is 5. The first-order valence-corrected chi connectivity index (χ1v) is 11.0. The Hall–Kier alpha value is -3.25. The van der Waals surface area contributed by atoms with Crippen molar-refractivity contribution in [3.63, 3.8) is 0 Å². The van der Waals surface area contributed by atoms with Crippen LogP contribution in [0, 0.1) is 12.7 Å². The molecule has 0 saturated heterocycles. The molecule has 0 N–H and O–H groups in total. The van der Waals surface area contributed by atoms with Crippen molar-refractivity contribution in [1.82, 2.24) is 0 Å². The smallest absolute Gasteiger partial charge is 0.343 e. The standard InChI is InChI=1S/C26H25FO4S/c1-18-13-25(24(29-2)15-23(18)31-16-26(28)30-3)32-17-21-11-8-19(9-12-21)7-10-20-5-4-6-22(27)14-20/h4-15H,16-17H2,1-3H3/b10-7+. The summed E-state index contributed by atoms with van der Waals surface area (Å²) in [5.74, 6) is 1.37. The Morgan fingerprint density at radius 1 is 0.969 bits per heavy atom. The molecule has 0 spiro atoms. The van der Waals surface area contributed by atoms with E-state index in [4.69, 9.17) is 9.47 Å². The third-order valence-corrected chi connectivity index (χ3v) is 5.83. The molecule has 0 aliphatic heterocycles. The van der Waals surface area contributed by atoms with Crippen LogP contribution in [0.5, 0.6) is 11.5 Å². The lowest BCUT2D eigenvalue weighted by Crippen LogP contribution is -2.13. The summed E-state index contributed by atoms with van der Waals surface area (Å²) >= 11 is 1.66. The molecule has 0 atom stereocenters. The van der Waals surface area contributed by atoms with Crippen molar-refractivity contribution in [2.75, 3.05) is 20.8 Å². The number of esters is 1. The van der Waals surface area contributed by atoms with E-state index in [-0.39, 0.29) is 12.4 Å². The Labute approximate surface area is 192 Å². The number of rotatable bonds is 9. The summed E-state index contributed by atoms with van der Waals surface area (Å²) in [6.07, 6.45) is 3.86. The largest absolute Gasteiger partial charge is 0.495 e. The lowest BCUT2D eigenvalue weighted by molar-refractivity contribution is -0.142. The van der Waals surface area contributed by atoms with Crippen molar-refractivity contribution in [2.45, 2.75) is 17.6 Å². The van der Waals surface area contributed by atoms with Gasteiger partial charge in [-0.15, -0.1) is 11.8 Å². The predicted octanol–water partition coefficient (Wildman–Crippen LogP) is 6.16. The number of aryl methyl sites for hydroxylation is 1. The Bertz CT molecular complexity index is 1090. The van der Waals surface area contributed by atoms with Crippen LogP contribution in [-0.4, -0.2) is 26.8 Å². The van der Waals surface area contributed by atoms with Gasteiger partial charge < -0.3 is 14.2 Å². The van der Waals surface area contributed by atoms with Crippen molar-refractivity contribution >= 4 is 29.9 Å². The molecule has 0 aromatic heterocycles. The SMILES string of the molecule is COC(=O)COc1cc(OC)c(SCc2ccc(/C=C/c3cccc(F)c3)cc2)cc1C. The van der Waals surface area contributed by atoms with Crippen molar-refractivity contribution < 1.29 is 23.4 Å². The molecule has 0 aliphatic rings. The molecule has 0 saturated carbocycles. The van der Waals surface area contributed by atoms with Crippen LogP contribution in [-0.2, 0) is 15.3 Å². The van der Waals surface area contributed by atoms with Crippen LogP contribution in [0.1, 0.15) is 22.3 Å². The second-order valence-corrected chi connectivity index (χ2v) is 8.07. The summed E-state index contributed by atoms with van der Waals surface area (Å²) in [6, 6.07) is 18.5. The number of hydrogen-bond donors (Lipinski definition) is 0. The van der Waals surface area contributed by atoms with Crippen LogP contribution in [0.2, 0.25) is 0 Å². The van der Waals surface area contributed by atoms with Crippen LogP contribution in [0.4, 0.5) is 4.39 Å². The van der Waals surface area contributed by atoms with E-state index >= 15 is 0 Å². The molecule has 3 rings (SSSR count). The van der Waals surface area contributed by atoms with Gasteiger partial charge in [-0.05, 0) is 47.4 Å². The molecule has 0 unspecified atom stereocenters. The summed E-state index contributed by atoms with van der Waals surface area (Å²) in [6.45, 7) is 1.78. The van der Waals surface area contributed by atoms with Gasteiger partial charge in [-0.25, -0.2) is 9.18 Å². The van der Waals surface area contributed by atoms with Gasteiger partial charge >= 0.3 is 5.97 Å². The fraction of sp³-hybridized carbons (Fsp3) is 0.192. The summed E-state index contributed by atoms with van der Waals surface area (Å²) in [5, 5.41) is 0. The van der Waals surface area contributed by atoms with Gasteiger partial charge in [-0.3, -0.25) is 0 Å². The summed E-state index contributed by atoms with van der Waals surface area (Å²) in [4.78, 5) is 12.3. The third kappa shape index (κ3) is 6.62. The summed E-state index contributed by atoms with van der Waals surface area (Å²) in [7, 11) is 2.94. The molecule has 3 aromatic carbocycles. The number of benzene rings is 3. The Morgan fingerprint density at radius 3 is 2.41 bits per heavy atom. The predicted molar refractivity (Wildman–Crippen MR) is 127 cm³/mol. The zero-order chi connectivity index (χ0) is 22.9. The fourth-order valence-electron chi connectivity index (χ4n) is 2.96. The number of ether oxygens (including phenoxy) is 3. The average Bonchev–Trinajstić information content (AvgIpc) is 2.81. The second-order valence-electron chi connectivity index (χ2n) is 7.05. The Morgan fingerprint density at radius 2 is 1.72 bits per heavy atom. The minimum Gasteiger partial charge on any atom is -0.495 e. The van der Waals surface area contributed by atoms with E-state index in [9.17, 15) is 9.18 Å². The molecule has 3 aromatic rings. The summed E-state index contributed by atoms with van der Waals surface area (Å²) < 4.78 is 28.9.